The molecule has 1 N–H and O–H groups in total. The highest BCUT2D eigenvalue weighted by molar-refractivity contribution is 9.10. The van der Waals surface area contributed by atoms with Crippen molar-refractivity contribution >= 4 is 44.9 Å². The van der Waals surface area contributed by atoms with Gasteiger partial charge in [0.2, 0.25) is 0 Å². The van der Waals surface area contributed by atoms with Crippen molar-refractivity contribution < 1.29 is 14.3 Å². The Hall–Kier alpha value is -1.07. The maximum absolute atomic E-state index is 11.6. The van der Waals surface area contributed by atoms with Gasteiger partial charge in [0.05, 0.1) is 5.69 Å². The monoisotopic (exact) mass is 317 g/mol. The van der Waals surface area contributed by atoms with Crippen LogP contribution >= 0.6 is 27.5 Å². The van der Waals surface area contributed by atoms with Gasteiger partial charge in [-0.05, 0) is 25.1 Å². The number of halogens is 2. The second kappa shape index (κ2) is 4.66. The number of hydrogen-bond donors (Lipinski definition) is 1. The van der Waals surface area contributed by atoms with E-state index in [1.165, 1.54) is 0 Å². The van der Waals surface area contributed by atoms with Crippen molar-refractivity contribution in [2.24, 2.45) is 0 Å². The molecule has 2 rings (SSSR count). The molecule has 0 aromatic heterocycles. The zero-order valence-electron chi connectivity index (χ0n) is 8.87. The number of Topliss-reactive ketones (excluding diaryl/α,β-unsaturated/α-hetero) is 1. The molecule has 1 aromatic rings. The molecule has 0 spiro atoms. The largest absolute Gasteiger partial charge is 0.479 e. The Morgan fingerprint density at radius 2 is 2.29 bits per heavy atom. The zero-order chi connectivity index (χ0) is 12.6. The minimum absolute atomic E-state index is 0.233. The second-order valence-corrected chi connectivity index (χ2v) is 5.50. The predicted octanol–water partition coefficient (Wildman–Crippen LogP) is 2.55. The van der Waals surface area contributed by atoms with E-state index in [9.17, 15) is 9.59 Å². The third-order valence-corrected chi connectivity index (χ3v) is 3.01. The molecular formula is C11H9BrClNO3. The van der Waals surface area contributed by atoms with Crippen LogP contribution in [0.3, 0.4) is 0 Å². The standard InChI is InChI=1S/C11H9BrClNO3/c1-5-11(16)14-7-4-6(9(15)10(12)13)2-3-8(7)17-5/h2-5,10H,1H3,(H,14,16). The summed E-state index contributed by atoms with van der Waals surface area (Å²) in [4.78, 5) is 23.1. The second-order valence-electron chi connectivity index (χ2n) is 3.63. The van der Waals surface area contributed by atoms with Crippen molar-refractivity contribution in [1.29, 1.82) is 0 Å². The van der Waals surface area contributed by atoms with Crippen molar-refractivity contribution in [2.45, 2.75) is 17.3 Å². The molecule has 90 valence electrons. The van der Waals surface area contributed by atoms with Crippen molar-refractivity contribution in [3.05, 3.63) is 23.8 Å². The Kier molecular flexibility index (Phi) is 3.40. The highest BCUT2D eigenvalue weighted by Crippen LogP contribution is 2.31. The van der Waals surface area contributed by atoms with Crippen LogP contribution in [0.1, 0.15) is 17.3 Å². The number of fused-ring (bicyclic) bond motifs is 1. The Bertz CT molecular complexity index is 490. The Balaban J connectivity index is 2.35. The minimum Gasteiger partial charge on any atom is -0.479 e. The first-order valence-corrected chi connectivity index (χ1v) is 6.28. The average Bonchev–Trinajstić information content (AvgIpc) is 2.29. The molecule has 17 heavy (non-hydrogen) atoms. The van der Waals surface area contributed by atoms with Crippen LogP contribution in [-0.4, -0.2) is 22.1 Å². The summed E-state index contributed by atoms with van der Waals surface area (Å²) < 4.78 is 4.59. The van der Waals surface area contributed by atoms with E-state index >= 15 is 0 Å². The van der Waals surface area contributed by atoms with Crippen LogP contribution in [0.4, 0.5) is 5.69 Å². The number of amides is 1. The average molecular weight is 319 g/mol. The Labute approximate surface area is 111 Å². The molecule has 0 saturated heterocycles. The van der Waals surface area contributed by atoms with Crippen LogP contribution in [0.25, 0.3) is 0 Å². The molecule has 0 saturated carbocycles. The number of rotatable bonds is 2. The molecule has 0 fully saturated rings. The highest BCUT2D eigenvalue weighted by Gasteiger charge is 2.25. The number of hydrogen-bond acceptors (Lipinski definition) is 3. The number of nitrogens with one attached hydrogen (secondary N) is 1. The lowest BCUT2D eigenvalue weighted by Crippen LogP contribution is -2.34. The van der Waals surface area contributed by atoms with Gasteiger partial charge in [-0.3, -0.25) is 9.59 Å². The zero-order valence-corrected chi connectivity index (χ0v) is 11.2. The first kappa shape index (κ1) is 12.4. The summed E-state index contributed by atoms with van der Waals surface area (Å²) in [6, 6.07) is 4.81. The van der Waals surface area contributed by atoms with E-state index in [1.807, 2.05) is 0 Å². The van der Waals surface area contributed by atoms with Gasteiger partial charge < -0.3 is 10.1 Å². The molecule has 6 heteroatoms. The summed E-state index contributed by atoms with van der Waals surface area (Å²) in [5.41, 5.74) is 0.905. The lowest BCUT2D eigenvalue weighted by atomic mass is 10.1. The first-order chi connectivity index (χ1) is 7.99. The summed E-state index contributed by atoms with van der Waals surface area (Å²) in [6.45, 7) is 1.66. The highest BCUT2D eigenvalue weighted by atomic mass is 79.9. The molecule has 1 aliphatic heterocycles. The molecule has 2 unspecified atom stereocenters. The summed E-state index contributed by atoms with van der Waals surface area (Å²) in [7, 11) is 0. The van der Waals surface area contributed by atoms with E-state index in [0.29, 0.717) is 17.0 Å². The third-order valence-electron chi connectivity index (χ3n) is 2.39. The molecule has 1 amide bonds. The van der Waals surface area contributed by atoms with E-state index in [1.54, 1.807) is 25.1 Å². The third kappa shape index (κ3) is 2.45. The molecule has 2 atom stereocenters. The molecule has 0 bridgehead atoms. The van der Waals surface area contributed by atoms with E-state index in [4.69, 9.17) is 16.3 Å². The number of carbonyl (C=O) groups excluding carboxylic acids is 2. The van der Waals surface area contributed by atoms with Gasteiger partial charge in [0.25, 0.3) is 5.91 Å². The fraction of sp³-hybridized carbons (Fsp3) is 0.273. The molecular weight excluding hydrogens is 309 g/mol. The van der Waals surface area contributed by atoms with Gasteiger partial charge >= 0.3 is 0 Å². The van der Waals surface area contributed by atoms with Gasteiger partial charge in [0, 0.05) is 5.56 Å². The van der Waals surface area contributed by atoms with Crippen LogP contribution in [-0.2, 0) is 4.79 Å². The number of anilines is 1. The molecule has 4 nitrogen and oxygen atoms in total. The Morgan fingerprint density at radius 3 is 2.94 bits per heavy atom. The molecule has 0 radical (unpaired) electrons. The van der Waals surface area contributed by atoms with Crippen molar-refractivity contribution in [1.82, 2.24) is 0 Å². The van der Waals surface area contributed by atoms with Gasteiger partial charge in [0.15, 0.2) is 16.2 Å². The van der Waals surface area contributed by atoms with Gasteiger partial charge in [-0.25, -0.2) is 0 Å². The quantitative estimate of drug-likeness (QED) is 0.673. The van der Waals surface area contributed by atoms with E-state index < -0.39 is 10.4 Å². The number of ketones is 1. The normalized spacial score (nSPS) is 19.9. The van der Waals surface area contributed by atoms with E-state index in [-0.39, 0.29) is 11.7 Å². The molecule has 1 aliphatic rings. The summed E-state index contributed by atoms with van der Waals surface area (Å²) in [6.07, 6.45) is -0.527. The summed E-state index contributed by atoms with van der Waals surface area (Å²) in [5, 5.41) is 2.67. The number of ether oxygens (including phenoxy) is 1. The SMILES string of the molecule is CC1Oc2ccc(C(=O)C(Cl)Br)cc2NC1=O. The van der Waals surface area contributed by atoms with E-state index in [2.05, 4.69) is 21.2 Å². The lowest BCUT2D eigenvalue weighted by molar-refractivity contribution is -0.122. The molecule has 0 aliphatic carbocycles. The summed E-state index contributed by atoms with van der Waals surface area (Å²) >= 11 is 8.64. The maximum Gasteiger partial charge on any atom is 0.265 e. The maximum atomic E-state index is 11.6. The van der Waals surface area contributed by atoms with Crippen LogP contribution in [0.5, 0.6) is 5.75 Å². The smallest absolute Gasteiger partial charge is 0.265 e. The molecule has 1 aromatic carbocycles. The van der Waals surface area contributed by atoms with Gasteiger partial charge in [0.1, 0.15) is 5.75 Å². The van der Waals surface area contributed by atoms with Crippen LogP contribution in [0, 0.1) is 0 Å². The van der Waals surface area contributed by atoms with Crippen LogP contribution in [0.2, 0.25) is 0 Å². The first-order valence-electron chi connectivity index (χ1n) is 4.93. The fourth-order valence-corrected chi connectivity index (χ4v) is 1.88. The minimum atomic E-state index is -0.778. The lowest BCUT2D eigenvalue weighted by Gasteiger charge is -2.23. The van der Waals surface area contributed by atoms with Crippen LogP contribution < -0.4 is 10.1 Å². The van der Waals surface area contributed by atoms with Gasteiger partial charge in [-0.1, -0.05) is 15.9 Å². The van der Waals surface area contributed by atoms with Gasteiger partial charge in [-0.2, -0.15) is 0 Å². The fourth-order valence-electron chi connectivity index (χ4n) is 1.49. The topological polar surface area (TPSA) is 55.4 Å². The Morgan fingerprint density at radius 1 is 1.59 bits per heavy atom. The van der Waals surface area contributed by atoms with Crippen molar-refractivity contribution in [2.75, 3.05) is 5.32 Å². The number of benzene rings is 1. The van der Waals surface area contributed by atoms with Crippen molar-refractivity contribution in [3.8, 4) is 5.75 Å². The predicted molar refractivity (Wildman–Crippen MR) is 68.1 cm³/mol. The summed E-state index contributed by atoms with van der Waals surface area (Å²) in [5.74, 6) is 0.0556. The van der Waals surface area contributed by atoms with Crippen molar-refractivity contribution in [3.63, 3.8) is 0 Å². The number of carbonyl (C=O) groups is 2. The van der Waals surface area contributed by atoms with E-state index in [0.717, 1.165) is 0 Å². The van der Waals surface area contributed by atoms with Crippen LogP contribution in [0.15, 0.2) is 18.2 Å². The molecule has 1 heterocycles. The van der Waals surface area contributed by atoms with Gasteiger partial charge in [-0.15, -0.1) is 11.6 Å². The number of alkyl halides is 2.